The van der Waals surface area contributed by atoms with Crippen LogP contribution in [-0.2, 0) is 0 Å². The molecule has 0 N–H and O–H groups in total. The first-order valence-corrected chi connectivity index (χ1v) is 12.4. The van der Waals surface area contributed by atoms with Gasteiger partial charge in [0.15, 0.2) is 5.82 Å². The molecule has 4 aromatic heterocycles. The average molecular weight is 498 g/mol. The van der Waals surface area contributed by atoms with Crippen molar-refractivity contribution in [3.8, 4) is 16.9 Å². The van der Waals surface area contributed by atoms with Crippen molar-refractivity contribution in [1.82, 2.24) is 24.4 Å². The van der Waals surface area contributed by atoms with Gasteiger partial charge in [-0.15, -0.1) is 16.4 Å². The summed E-state index contributed by atoms with van der Waals surface area (Å²) in [4.78, 5) is 19.2. The molecule has 9 heteroatoms. The van der Waals surface area contributed by atoms with Crippen LogP contribution in [0.25, 0.3) is 40.1 Å². The molecule has 4 heterocycles. The molecule has 170 valence electrons. The van der Waals surface area contributed by atoms with Crippen molar-refractivity contribution in [2.45, 2.75) is 0 Å². The second kappa shape index (κ2) is 8.86. The van der Waals surface area contributed by atoms with Gasteiger partial charge < -0.3 is 0 Å². The number of thiophene rings is 1. The van der Waals surface area contributed by atoms with Crippen molar-refractivity contribution >= 4 is 45.9 Å². The minimum atomic E-state index is -0.321. The quantitative estimate of drug-likeness (QED) is 0.339. The molecule has 0 fully saturated rings. The first kappa shape index (κ1) is 21.3. The molecule has 0 aliphatic heterocycles. The summed E-state index contributed by atoms with van der Waals surface area (Å²) in [6.07, 6.45) is 7.37. The molecule has 0 unspecified atom stereocenters. The maximum Gasteiger partial charge on any atom is 0.291 e. The number of fused-ring (bicyclic) bond motifs is 1. The van der Waals surface area contributed by atoms with Crippen LogP contribution in [0.1, 0.15) is 16.3 Å². The van der Waals surface area contributed by atoms with Gasteiger partial charge in [0.05, 0.1) is 10.2 Å². The standard InChI is InChI=1S/C26H16FN5OS2/c27-19-10-8-17(9-11-19)24-18(16-31(30-24)20-5-2-1-3-6-20)15-22-25(33)32-26(35-22)28-23(29-32)13-12-21-7-4-14-34-21/h1-16H/b13-12+,22-15-. The first-order chi connectivity index (χ1) is 17.1. The first-order valence-electron chi connectivity index (χ1n) is 10.7. The van der Waals surface area contributed by atoms with E-state index in [4.69, 9.17) is 5.10 Å². The number of nitrogens with zero attached hydrogens (tertiary/aromatic N) is 5. The predicted molar refractivity (Wildman–Crippen MR) is 138 cm³/mol. The number of rotatable bonds is 5. The van der Waals surface area contributed by atoms with Gasteiger partial charge in [0.25, 0.3) is 5.56 Å². The van der Waals surface area contributed by atoms with Crippen LogP contribution in [0, 0.1) is 5.82 Å². The minimum absolute atomic E-state index is 0.245. The second-order valence-electron chi connectivity index (χ2n) is 7.65. The molecule has 0 aliphatic carbocycles. The smallest absolute Gasteiger partial charge is 0.266 e. The summed E-state index contributed by atoms with van der Waals surface area (Å²) >= 11 is 2.88. The second-order valence-corrected chi connectivity index (χ2v) is 9.64. The third-order valence-corrected chi connectivity index (χ3v) is 7.10. The van der Waals surface area contributed by atoms with E-state index in [0.717, 1.165) is 21.7 Å². The number of benzene rings is 2. The molecular weight excluding hydrogens is 481 g/mol. The highest BCUT2D eigenvalue weighted by atomic mass is 32.1. The zero-order valence-electron chi connectivity index (χ0n) is 18.1. The van der Waals surface area contributed by atoms with Crippen LogP contribution in [0.5, 0.6) is 0 Å². The van der Waals surface area contributed by atoms with E-state index in [1.807, 2.05) is 60.1 Å². The van der Waals surface area contributed by atoms with E-state index in [0.29, 0.717) is 21.0 Å². The number of hydrogen-bond donors (Lipinski definition) is 0. The zero-order valence-corrected chi connectivity index (χ0v) is 19.7. The highest BCUT2D eigenvalue weighted by Gasteiger charge is 2.14. The van der Waals surface area contributed by atoms with Crippen molar-refractivity contribution in [3.63, 3.8) is 0 Å². The van der Waals surface area contributed by atoms with Crippen LogP contribution in [0.4, 0.5) is 4.39 Å². The summed E-state index contributed by atoms with van der Waals surface area (Å²) in [6.45, 7) is 0. The Morgan fingerprint density at radius 1 is 0.914 bits per heavy atom. The van der Waals surface area contributed by atoms with Crippen molar-refractivity contribution in [1.29, 1.82) is 0 Å². The Kier molecular flexibility index (Phi) is 5.40. The Balaban J connectivity index is 1.44. The highest BCUT2D eigenvalue weighted by Crippen LogP contribution is 2.25. The Morgan fingerprint density at radius 3 is 2.49 bits per heavy atom. The van der Waals surface area contributed by atoms with E-state index in [9.17, 15) is 9.18 Å². The number of thiazole rings is 1. The van der Waals surface area contributed by atoms with Crippen LogP contribution in [0.15, 0.2) is 83.1 Å². The Bertz CT molecular complexity index is 1770. The van der Waals surface area contributed by atoms with Crippen molar-refractivity contribution in [2.24, 2.45) is 0 Å². The van der Waals surface area contributed by atoms with Crippen LogP contribution in [0.2, 0.25) is 0 Å². The molecule has 0 bridgehead atoms. The lowest BCUT2D eigenvalue weighted by molar-refractivity contribution is 0.628. The lowest BCUT2D eigenvalue weighted by Crippen LogP contribution is -2.23. The van der Waals surface area contributed by atoms with Gasteiger partial charge in [-0.1, -0.05) is 35.6 Å². The molecule has 6 rings (SSSR count). The van der Waals surface area contributed by atoms with Gasteiger partial charge in [0.1, 0.15) is 11.5 Å². The van der Waals surface area contributed by atoms with Gasteiger partial charge in [-0.2, -0.15) is 14.6 Å². The molecule has 0 saturated heterocycles. The summed E-state index contributed by atoms with van der Waals surface area (Å²) in [5.74, 6) is 0.162. The SMILES string of the molecule is O=c1/c(=C/c2cn(-c3ccccc3)nc2-c2ccc(F)cc2)sc2nc(/C=C/c3cccs3)nn12. The Morgan fingerprint density at radius 2 is 1.74 bits per heavy atom. The normalized spacial score (nSPS) is 12.3. The van der Waals surface area contributed by atoms with Crippen LogP contribution in [0.3, 0.4) is 0 Å². The molecule has 0 spiro atoms. The third kappa shape index (κ3) is 4.23. The van der Waals surface area contributed by atoms with Crippen molar-refractivity contribution in [3.05, 3.63) is 115 Å². The van der Waals surface area contributed by atoms with Gasteiger partial charge >= 0.3 is 0 Å². The van der Waals surface area contributed by atoms with Crippen LogP contribution >= 0.6 is 22.7 Å². The zero-order chi connectivity index (χ0) is 23.8. The monoisotopic (exact) mass is 497 g/mol. The van der Waals surface area contributed by atoms with Gasteiger partial charge in [-0.25, -0.2) is 9.07 Å². The highest BCUT2D eigenvalue weighted by molar-refractivity contribution is 7.15. The molecular formula is C26H16FN5OS2. The van der Waals surface area contributed by atoms with Gasteiger partial charge in [0.2, 0.25) is 4.96 Å². The summed E-state index contributed by atoms with van der Waals surface area (Å²) in [5.41, 5.74) is 2.76. The molecule has 6 aromatic rings. The molecule has 35 heavy (non-hydrogen) atoms. The molecule has 0 atom stereocenters. The van der Waals surface area contributed by atoms with E-state index >= 15 is 0 Å². The lowest BCUT2D eigenvalue weighted by Gasteiger charge is -2.00. The van der Waals surface area contributed by atoms with Gasteiger partial charge in [0, 0.05) is 22.2 Å². The fourth-order valence-corrected chi connectivity index (χ4v) is 5.17. The van der Waals surface area contributed by atoms with E-state index in [1.54, 1.807) is 40.3 Å². The molecule has 2 aromatic carbocycles. The molecule has 0 radical (unpaired) electrons. The van der Waals surface area contributed by atoms with Gasteiger partial charge in [-0.05, 0) is 66.1 Å². The average Bonchev–Trinajstić information content (AvgIpc) is 3.66. The number of halogens is 1. The van der Waals surface area contributed by atoms with E-state index in [2.05, 4.69) is 10.1 Å². The van der Waals surface area contributed by atoms with Crippen molar-refractivity contribution < 1.29 is 4.39 Å². The topological polar surface area (TPSA) is 65.1 Å². The van der Waals surface area contributed by atoms with Crippen LogP contribution < -0.4 is 10.1 Å². The van der Waals surface area contributed by atoms with E-state index in [-0.39, 0.29) is 11.4 Å². The fourth-order valence-electron chi connectivity index (χ4n) is 3.64. The molecule has 0 aliphatic rings. The summed E-state index contributed by atoms with van der Waals surface area (Å²) in [5, 5.41) is 11.1. The van der Waals surface area contributed by atoms with E-state index in [1.165, 1.54) is 28.0 Å². The maximum atomic E-state index is 13.5. The Hall–Kier alpha value is -4.21. The van der Waals surface area contributed by atoms with E-state index < -0.39 is 0 Å². The van der Waals surface area contributed by atoms with Gasteiger partial charge in [-0.3, -0.25) is 4.79 Å². The summed E-state index contributed by atoms with van der Waals surface area (Å²) < 4.78 is 17.1. The fraction of sp³-hybridized carbons (Fsp3) is 0. The number of aromatic nitrogens is 5. The van der Waals surface area contributed by atoms with Crippen LogP contribution in [-0.4, -0.2) is 24.4 Å². The summed E-state index contributed by atoms with van der Waals surface area (Å²) in [6, 6.07) is 19.8. The number of para-hydroxylation sites is 1. The molecule has 6 nitrogen and oxygen atoms in total. The maximum absolute atomic E-state index is 13.5. The lowest BCUT2D eigenvalue weighted by atomic mass is 10.1. The largest absolute Gasteiger partial charge is 0.291 e. The van der Waals surface area contributed by atoms with Crippen molar-refractivity contribution in [2.75, 3.05) is 0 Å². The minimum Gasteiger partial charge on any atom is -0.266 e. The number of hydrogen-bond acceptors (Lipinski definition) is 6. The summed E-state index contributed by atoms with van der Waals surface area (Å²) in [7, 11) is 0. The third-order valence-electron chi connectivity index (χ3n) is 5.31. The molecule has 0 amide bonds. The predicted octanol–water partition coefficient (Wildman–Crippen LogP) is 4.92. The Labute approximate surface area is 206 Å². The molecule has 0 saturated carbocycles.